The van der Waals surface area contributed by atoms with Crippen LogP contribution in [0.3, 0.4) is 0 Å². The van der Waals surface area contributed by atoms with Crippen molar-refractivity contribution < 1.29 is 23.8 Å². The van der Waals surface area contributed by atoms with Crippen LogP contribution in [0.2, 0.25) is 0 Å². The van der Waals surface area contributed by atoms with Gasteiger partial charge in [-0.2, -0.15) is 0 Å². The van der Waals surface area contributed by atoms with Gasteiger partial charge in [-0.15, -0.1) is 0 Å². The largest absolute Gasteiger partial charge is 0.462 e. The lowest BCUT2D eigenvalue weighted by Gasteiger charge is -2.18. The summed E-state index contributed by atoms with van der Waals surface area (Å²) in [7, 11) is 0. The second-order valence-corrected chi connectivity index (χ2v) is 18.1. The van der Waals surface area contributed by atoms with E-state index in [0.717, 1.165) is 70.6 Å². The number of allylic oxidation sites excluding steroid dienone is 8. The predicted molar refractivity (Wildman–Crippen MR) is 270 cm³/mol. The van der Waals surface area contributed by atoms with Crippen LogP contribution in [0.5, 0.6) is 0 Å². The van der Waals surface area contributed by atoms with E-state index >= 15 is 0 Å². The zero-order chi connectivity index (χ0) is 44.9. The highest BCUT2D eigenvalue weighted by atomic mass is 16.6. The third-order valence-electron chi connectivity index (χ3n) is 11.8. The van der Waals surface area contributed by atoms with Crippen LogP contribution in [-0.4, -0.2) is 37.9 Å². The molecule has 0 N–H and O–H groups in total. The molecule has 0 aromatic heterocycles. The van der Waals surface area contributed by atoms with Gasteiger partial charge in [-0.25, -0.2) is 0 Å². The van der Waals surface area contributed by atoms with Crippen LogP contribution in [0, 0.1) is 0 Å². The average Bonchev–Trinajstić information content (AvgIpc) is 3.27. The minimum atomic E-state index is -0.545. The summed E-state index contributed by atoms with van der Waals surface area (Å²) in [6.07, 6.45) is 65.6. The Hall–Kier alpha value is -2.14. The molecule has 5 heteroatoms. The lowest BCUT2D eigenvalue weighted by molar-refractivity contribution is -0.163. The Morgan fingerprint density at radius 1 is 0.371 bits per heavy atom. The summed E-state index contributed by atoms with van der Waals surface area (Å²) in [5.41, 5.74) is 0. The normalized spacial score (nSPS) is 12.5. The summed E-state index contributed by atoms with van der Waals surface area (Å²) in [5.74, 6) is -0.420. The maximum Gasteiger partial charge on any atom is 0.306 e. The molecule has 0 saturated heterocycles. The summed E-state index contributed by atoms with van der Waals surface area (Å²) < 4.78 is 17.4. The van der Waals surface area contributed by atoms with E-state index in [2.05, 4.69) is 69.4 Å². The fourth-order valence-electron chi connectivity index (χ4n) is 7.81. The first-order valence-electron chi connectivity index (χ1n) is 27.2. The van der Waals surface area contributed by atoms with Gasteiger partial charge in [-0.3, -0.25) is 9.59 Å². The first-order valence-corrected chi connectivity index (χ1v) is 27.2. The number of unbranched alkanes of at least 4 members (excludes halogenated alkanes) is 31. The number of hydrogen-bond acceptors (Lipinski definition) is 5. The summed E-state index contributed by atoms with van der Waals surface area (Å²) in [6.45, 7) is 7.71. The number of carbonyl (C=O) groups excluding carboxylic acids is 2. The van der Waals surface area contributed by atoms with Gasteiger partial charge in [0.25, 0.3) is 0 Å². The van der Waals surface area contributed by atoms with Crippen molar-refractivity contribution in [2.24, 2.45) is 0 Å². The molecule has 5 nitrogen and oxygen atoms in total. The zero-order valence-electron chi connectivity index (χ0n) is 41.6. The molecule has 0 bridgehead atoms. The molecule has 0 fully saturated rings. The van der Waals surface area contributed by atoms with E-state index in [1.165, 1.54) is 173 Å². The molecule has 0 aliphatic carbocycles. The highest BCUT2D eigenvalue weighted by molar-refractivity contribution is 5.70. The van der Waals surface area contributed by atoms with Gasteiger partial charge in [0.15, 0.2) is 6.10 Å². The molecule has 0 saturated carbocycles. The molecule has 0 aliphatic rings. The van der Waals surface area contributed by atoms with Crippen molar-refractivity contribution in [2.45, 2.75) is 284 Å². The standard InChI is InChI=1S/C57H104O5/c1-4-7-10-13-16-19-22-25-26-27-28-29-30-31-34-37-40-43-46-49-52-60-53-55(62-57(59)51-48-45-42-39-36-33-24-21-18-15-12-9-6-3)54-61-56(58)50-47-44-41-38-35-32-23-20-17-14-11-8-5-2/h8,11,17,20,25-26,32,35,55H,4-7,9-10,12-16,18-19,21-24,27-31,33-34,36-54H2,1-3H3/b11-8-,20-17-,26-25-,35-32-. The van der Waals surface area contributed by atoms with Crippen molar-refractivity contribution in [3.8, 4) is 0 Å². The van der Waals surface area contributed by atoms with Crippen molar-refractivity contribution in [1.29, 1.82) is 0 Å². The Morgan fingerprint density at radius 2 is 0.726 bits per heavy atom. The molecule has 0 aromatic carbocycles. The van der Waals surface area contributed by atoms with Crippen molar-refractivity contribution in [3.05, 3.63) is 48.6 Å². The highest BCUT2D eigenvalue weighted by Crippen LogP contribution is 2.15. The first-order chi connectivity index (χ1) is 30.6. The van der Waals surface area contributed by atoms with Crippen molar-refractivity contribution in [3.63, 3.8) is 0 Å². The van der Waals surface area contributed by atoms with Gasteiger partial charge >= 0.3 is 11.9 Å². The number of carbonyl (C=O) groups is 2. The maximum atomic E-state index is 12.8. The van der Waals surface area contributed by atoms with Crippen LogP contribution in [0.4, 0.5) is 0 Å². The SMILES string of the molecule is CC/C=C\C/C=C\C/C=C\CCCCCC(=O)OCC(COCCCCCCCCCCCC/C=C\CCCCCCCC)OC(=O)CCCCCCCCCCCCCCC. The van der Waals surface area contributed by atoms with Crippen LogP contribution in [0.15, 0.2) is 48.6 Å². The average molecular weight is 869 g/mol. The van der Waals surface area contributed by atoms with Gasteiger partial charge in [0.2, 0.25) is 0 Å². The van der Waals surface area contributed by atoms with Gasteiger partial charge in [-0.05, 0) is 77.0 Å². The summed E-state index contributed by atoms with van der Waals surface area (Å²) >= 11 is 0. The van der Waals surface area contributed by atoms with E-state index in [9.17, 15) is 9.59 Å². The van der Waals surface area contributed by atoms with Gasteiger partial charge in [0.05, 0.1) is 6.61 Å². The second kappa shape index (κ2) is 53.2. The van der Waals surface area contributed by atoms with E-state index in [1.807, 2.05) is 0 Å². The van der Waals surface area contributed by atoms with E-state index < -0.39 is 6.10 Å². The van der Waals surface area contributed by atoms with E-state index in [4.69, 9.17) is 14.2 Å². The van der Waals surface area contributed by atoms with Crippen LogP contribution in [0.1, 0.15) is 278 Å². The lowest BCUT2D eigenvalue weighted by Crippen LogP contribution is -2.30. The second-order valence-electron chi connectivity index (χ2n) is 18.1. The molecule has 362 valence electrons. The Balaban J connectivity index is 4.23. The van der Waals surface area contributed by atoms with E-state index in [1.54, 1.807) is 0 Å². The molecule has 1 unspecified atom stereocenters. The van der Waals surface area contributed by atoms with Crippen molar-refractivity contribution >= 4 is 11.9 Å². The van der Waals surface area contributed by atoms with Gasteiger partial charge in [0, 0.05) is 19.4 Å². The maximum absolute atomic E-state index is 12.8. The van der Waals surface area contributed by atoms with Crippen molar-refractivity contribution in [2.75, 3.05) is 19.8 Å². The monoisotopic (exact) mass is 869 g/mol. The predicted octanol–water partition coefficient (Wildman–Crippen LogP) is 18.3. The van der Waals surface area contributed by atoms with Crippen LogP contribution < -0.4 is 0 Å². The lowest BCUT2D eigenvalue weighted by atomic mass is 10.0. The smallest absolute Gasteiger partial charge is 0.306 e. The molecule has 0 aliphatic heterocycles. The first kappa shape index (κ1) is 59.9. The van der Waals surface area contributed by atoms with Crippen LogP contribution in [0.25, 0.3) is 0 Å². The number of ether oxygens (including phenoxy) is 3. The van der Waals surface area contributed by atoms with Crippen LogP contribution >= 0.6 is 0 Å². The number of esters is 2. The topological polar surface area (TPSA) is 61.8 Å². The molecular weight excluding hydrogens is 765 g/mol. The molecule has 0 rings (SSSR count). The van der Waals surface area contributed by atoms with Crippen molar-refractivity contribution in [1.82, 2.24) is 0 Å². The number of rotatable bonds is 50. The number of hydrogen-bond donors (Lipinski definition) is 0. The minimum absolute atomic E-state index is 0.0730. The molecular formula is C57H104O5. The van der Waals surface area contributed by atoms with E-state index in [0.29, 0.717) is 19.4 Å². The third-order valence-corrected chi connectivity index (χ3v) is 11.8. The molecule has 0 heterocycles. The van der Waals surface area contributed by atoms with Gasteiger partial charge in [-0.1, -0.05) is 236 Å². The van der Waals surface area contributed by atoms with Crippen LogP contribution in [-0.2, 0) is 23.8 Å². The quantitative estimate of drug-likeness (QED) is 0.0346. The fraction of sp³-hybridized carbons (Fsp3) is 0.825. The summed E-state index contributed by atoms with van der Waals surface area (Å²) in [5, 5.41) is 0. The third kappa shape index (κ3) is 50.5. The highest BCUT2D eigenvalue weighted by Gasteiger charge is 2.17. The molecule has 0 aromatic rings. The molecule has 0 amide bonds. The minimum Gasteiger partial charge on any atom is -0.462 e. The Bertz CT molecular complexity index is 1030. The summed E-state index contributed by atoms with van der Waals surface area (Å²) in [4.78, 5) is 25.4. The fourth-order valence-corrected chi connectivity index (χ4v) is 7.81. The van der Waals surface area contributed by atoms with Gasteiger partial charge < -0.3 is 14.2 Å². The van der Waals surface area contributed by atoms with E-state index in [-0.39, 0.29) is 25.2 Å². The summed E-state index contributed by atoms with van der Waals surface area (Å²) in [6, 6.07) is 0. The molecule has 0 radical (unpaired) electrons. The molecule has 0 spiro atoms. The molecule has 1 atom stereocenters. The zero-order valence-corrected chi connectivity index (χ0v) is 41.6. The van der Waals surface area contributed by atoms with Gasteiger partial charge in [0.1, 0.15) is 6.61 Å². The molecule has 62 heavy (non-hydrogen) atoms. The Morgan fingerprint density at radius 3 is 1.19 bits per heavy atom. The Kier molecular flexibility index (Phi) is 51.4. The Labute approximate surface area is 386 Å².